The van der Waals surface area contributed by atoms with Crippen LogP contribution in [0.4, 0.5) is 4.79 Å². The van der Waals surface area contributed by atoms with E-state index in [0.717, 1.165) is 5.56 Å². The zero-order chi connectivity index (χ0) is 23.0. The van der Waals surface area contributed by atoms with Crippen LogP contribution in [0.1, 0.15) is 39.2 Å². The van der Waals surface area contributed by atoms with Crippen LogP contribution in [0.25, 0.3) is 0 Å². The molecule has 31 heavy (non-hydrogen) atoms. The first-order valence-electron chi connectivity index (χ1n) is 10.3. The third-order valence-corrected chi connectivity index (χ3v) is 4.73. The van der Waals surface area contributed by atoms with Crippen LogP contribution >= 0.6 is 0 Å². The summed E-state index contributed by atoms with van der Waals surface area (Å²) in [7, 11) is 1.23. The van der Waals surface area contributed by atoms with Crippen LogP contribution in [0.3, 0.4) is 0 Å². The monoisotopic (exact) mass is 433 g/mol. The maximum Gasteiger partial charge on any atom is 0.410 e. The first-order valence-corrected chi connectivity index (χ1v) is 10.3. The lowest BCUT2D eigenvalue weighted by atomic mass is 10.0. The van der Waals surface area contributed by atoms with Crippen molar-refractivity contribution >= 4 is 23.9 Å². The van der Waals surface area contributed by atoms with E-state index in [9.17, 15) is 19.2 Å². The van der Waals surface area contributed by atoms with Gasteiger partial charge in [-0.3, -0.25) is 19.3 Å². The molecule has 170 valence electrons. The van der Waals surface area contributed by atoms with Crippen LogP contribution in [0, 0.1) is 0 Å². The fourth-order valence-electron chi connectivity index (χ4n) is 3.26. The van der Waals surface area contributed by atoms with Crippen LogP contribution in [-0.4, -0.2) is 66.7 Å². The molecular weight excluding hydrogens is 402 g/mol. The molecule has 2 rings (SSSR count). The van der Waals surface area contributed by atoms with Gasteiger partial charge in [0.05, 0.1) is 7.11 Å². The number of carbonyl (C=O) groups is 4. The fraction of sp³-hybridized carbons (Fsp3) is 0.545. The number of amides is 3. The fourth-order valence-corrected chi connectivity index (χ4v) is 3.26. The standard InChI is InChI=1S/C22H31N3O6/c1-22(2,3)31-21(29)25-12-8-11-17(25)20(28)24-16(13-15-9-6-5-7-10-15)19(27)23-14-18(26)30-4/h5-7,9-10,16-17H,8,11-14H2,1-4H3,(H,23,27)(H,24,28)/t16-,17-/m0/s1. The molecule has 2 N–H and O–H groups in total. The van der Waals surface area contributed by atoms with Crippen molar-refractivity contribution in [1.82, 2.24) is 15.5 Å². The second-order valence-electron chi connectivity index (χ2n) is 8.38. The number of nitrogens with zero attached hydrogens (tertiary/aromatic N) is 1. The summed E-state index contributed by atoms with van der Waals surface area (Å²) in [5.74, 6) is -1.54. The van der Waals surface area contributed by atoms with Crippen molar-refractivity contribution in [2.45, 2.75) is 57.7 Å². The van der Waals surface area contributed by atoms with E-state index in [1.165, 1.54) is 12.0 Å². The predicted octanol–water partition coefficient (Wildman–Crippen LogP) is 1.40. The average Bonchev–Trinajstić information content (AvgIpc) is 3.21. The highest BCUT2D eigenvalue weighted by molar-refractivity contribution is 5.92. The lowest BCUT2D eigenvalue weighted by molar-refractivity contribution is -0.141. The Kier molecular flexibility index (Phi) is 8.41. The minimum atomic E-state index is -0.916. The molecule has 9 nitrogen and oxygen atoms in total. The van der Waals surface area contributed by atoms with Gasteiger partial charge in [0.15, 0.2) is 0 Å². The van der Waals surface area contributed by atoms with Crippen molar-refractivity contribution in [3.63, 3.8) is 0 Å². The third-order valence-electron chi connectivity index (χ3n) is 4.73. The Hall–Kier alpha value is -3.10. The molecule has 2 atom stereocenters. The maximum atomic E-state index is 13.0. The maximum absolute atomic E-state index is 13.0. The molecule has 9 heteroatoms. The largest absolute Gasteiger partial charge is 0.468 e. The summed E-state index contributed by atoms with van der Waals surface area (Å²) >= 11 is 0. The molecule has 1 aromatic rings. The van der Waals surface area contributed by atoms with Gasteiger partial charge < -0.3 is 20.1 Å². The minimum Gasteiger partial charge on any atom is -0.468 e. The van der Waals surface area contributed by atoms with Crippen LogP contribution in [-0.2, 0) is 30.3 Å². The Labute approximate surface area is 182 Å². The Bertz CT molecular complexity index is 790. The Morgan fingerprint density at radius 3 is 2.45 bits per heavy atom. The Balaban J connectivity index is 2.10. The molecule has 1 aromatic carbocycles. The van der Waals surface area contributed by atoms with E-state index in [-0.39, 0.29) is 13.0 Å². The number of esters is 1. The molecule has 0 bridgehead atoms. The summed E-state index contributed by atoms with van der Waals surface area (Å²) < 4.78 is 9.95. The number of rotatable bonds is 7. The summed E-state index contributed by atoms with van der Waals surface area (Å²) in [6.45, 7) is 5.39. The normalized spacial score (nSPS) is 16.9. The molecule has 3 amide bonds. The van der Waals surface area contributed by atoms with E-state index in [1.54, 1.807) is 20.8 Å². The number of ether oxygens (including phenoxy) is 2. The zero-order valence-corrected chi connectivity index (χ0v) is 18.5. The van der Waals surface area contributed by atoms with Gasteiger partial charge in [0.2, 0.25) is 11.8 Å². The molecule has 1 saturated heterocycles. The topological polar surface area (TPSA) is 114 Å². The first-order chi connectivity index (χ1) is 14.6. The SMILES string of the molecule is COC(=O)CNC(=O)[C@H](Cc1ccccc1)NC(=O)[C@@H]1CCCN1C(=O)OC(C)(C)C. The van der Waals surface area contributed by atoms with Gasteiger partial charge in [-0.2, -0.15) is 0 Å². The van der Waals surface area contributed by atoms with Gasteiger partial charge >= 0.3 is 12.1 Å². The number of carbonyl (C=O) groups excluding carboxylic acids is 4. The molecule has 0 spiro atoms. The number of hydrogen-bond donors (Lipinski definition) is 2. The first kappa shape index (κ1) is 24.2. The van der Waals surface area contributed by atoms with Gasteiger partial charge in [-0.05, 0) is 39.2 Å². The van der Waals surface area contributed by atoms with Crippen molar-refractivity contribution in [1.29, 1.82) is 0 Å². The number of benzene rings is 1. The lowest BCUT2D eigenvalue weighted by Crippen LogP contribution is -2.54. The van der Waals surface area contributed by atoms with E-state index in [0.29, 0.717) is 19.4 Å². The average molecular weight is 434 g/mol. The highest BCUT2D eigenvalue weighted by atomic mass is 16.6. The van der Waals surface area contributed by atoms with Gasteiger partial charge in [0.1, 0.15) is 24.2 Å². The summed E-state index contributed by atoms with van der Waals surface area (Å²) in [5.41, 5.74) is 0.168. The number of nitrogens with one attached hydrogen (secondary N) is 2. The molecule has 0 aromatic heterocycles. The molecular formula is C22H31N3O6. The van der Waals surface area contributed by atoms with Crippen LogP contribution < -0.4 is 10.6 Å². The van der Waals surface area contributed by atoms with Crippen LogP contribution in [0.15, 0.2) is 30.3 Å². The van der Waals surface area contributed by atoms with Crippen molar-refractivity contribution in [2.24, 2.45) is 0 Å². The van der Waals surface area contributed by atoms with Gasteiger partial charge in [-0.1, -0.05) is 30.3 Å². The van der Waals surface area contributed by atoms with E-state index in [1.807, 2.05) is 30.3 Å². The summed E-state index contributed by atoms with van der Waals surface area (Å²) in [6.07, 6.45) is 0.820. The second kappa shape index (κ2) is 10.8. The van der Waals surface area contributed by atoms with Crippen molar-refractivity contribution < 1.29 is 28.7 Å². The molecule has 0 aliphatic carbocycles. The molecule has 1 heterocycles. The second-order valence-corrected chi connectivity index (χ2v) is 8.38. The van der Waals surface area contributed by atoms with Crippen molar-refractivity contribution in [3.05, 3.63) is 35.9 Å². The van der Waals surface area contributed by atoms with E-state index in [4.69, 9.17) is 4.74 Å². The molecule has 0 radical (unpaired) electrons. The summed E-state index contributed by atoms with van der Waals surface area (Å²) in [4.78, 5) is 50.9. The van der Waals surface area contributed by atoms with Gasteiger partial charge in [-0.15, -0.1) is 0 Å². The molecule has 1 fully saturated rings. The molecule has 1 aliphatic heterocycles. The van der Waals surface area contributed by atoms with Crippen molar-refractivity contribution in [2.75, 3.05) is 20.2 Å². The Morgan fingerprint density at radius 1 is 1.16 bits per heavy atom. The summed E-state index contributed by atoms with van der Waals surface area (Å²) in [5, 5.41) is 5.23. The predicted molar refractivity (Wildman–Crippen MR) is 113 cm³/mol. The van der Waals surface area contributed by atoms with Gasteiger partial charge in [-0.25, -0.2) is 4.79 Å². The molecule has 1 aliphatic rings. The van der Waals surface area contributed by atoms with Crippen LogP contribution in [0.2, 0.25) is 0 Å². The van der Waals surface area contributed by atoms with Crippen molar-refractivity contribution in [3.8, 4) is 0 Å². The quantitative estimate of drug-likeness (QED) is 0.629. The lowest BCUT2D eigenvalue weighted by Gasteiger charge is -2.29. The highest BCUT2D eigenvalue weighted by Gasteiger charge is 2.38. The van der Waals surface area contributed by atoms with Gasteiger partial charge in [0, 0.05) is 13.0 Å². The number of likely N-dealkylation sites (tertiary alicyclic amines) is 1. The highest BCUT2D eigenvalue weighted by Crippen LogP contribution is 2.21. The number of hydrogen-bond acceptors (Lipinski definition) is 6. The molecule has 0 unspecified atom stereocenters. The smallest absolute Gasteiger partial charge is 0.410 e. The molecule has 0 saturated carbocycles. The van der Waals surface area contributed by atoms with Crippen LogP contribution in [0.5, 0.6) is 0 Å². The van der Waals surface area contributed by atoms with E-state index < -0.39 is 41.6 Å². The third kappa shape index (κ3) is 7.58. The Morgan fingerprint density at radius 2 is 1.84 bits per heavy atom. The number of methoxy groups -OCH3 is 1. The van der Waals surface area contributed by atoms with Gasteiger partial charge in [0.25, 0.3) is 0 Å². The zero-order valence-electron chi connectivity index (χ0n) is 18.5. The minimum absolute atomic E-state index is 0.235. The van der Waals surface area contributed by atoms with E-state index >= 15 is 0 Å². The summed E-state index contributed by atoms with van der Waals surface area (Å²) in [6, 6.07) is 7.57. The van der Waals surface area contributed by atoms with E-state index in [2.05, 4.69) is 15.4 Å².